The molecule has 4 fully saturated rings. The predicted octanol–water partition coefficient (Wildman–Crippen LogP) is 3.50. The van der Waals surface area contributed by atoms with Crippen molar-refractivity contribution in [1.82, 2.24) is 4.98 Å². The van der Waals surface area contributed by atoms with E-state index in [0.717, 1.165) is 35.3 Å². The molecule has 4 saturated carbocycles. The normalized spacial score (nSPS) is 39.8. The van der Waals surface area contributed by atoms with E-state index in [1.54, 1.807) is 12.3 Å². The van der Waals surface area contributed by atoms with Crippen molar-refractivity contribution in [2.24, 2.45) is 29.6 Å². The zero-order valence-corrected chi connectivity index (χ0v) is 12.2. The summed E-state index contributed by atoms with van der Waals surface area (Å²) in [7, 11) is 0. The summed E-state index contributed by atoms with van der Waals surface area (Å²) in [5, 5.41) is 0. The largest absolute Gasteiger partial charge is 0.474 e. The van der Waals surface area contributed by atoms with Crippen molar-refractivity contribution in [3.63, 3.8) is 0 Å². The van der Waals surface area contributed by atoms with E-state index >= 15 is 0 Å². The Morgan fingerprint density at radius 1 is 1.15 bits per heavy atom. The Bertz CT molecular complexity index is 474. The van der Waals surface area contributed by atoms with Gasteiger partial charge in [-0.2, -0.15) is 0 Å². The molecule has 0 aliphatic heterocycles. The molecule has 4 aliphatic carbocycles. The Morgan fingerprint density at radius 2 is 1.80 bits per heavy atom. The maximum absolute atomic E-state index is 6.13. The lowest BCUT2D eigenvalue weighted by Gasteiger charge is -2.55. The quantitative estimate of drug-likeness (QED) is 0.916. The van der Waals surface area contributed by atoms with Crippen LogP contribution in [0.2, 0.25) is 0 Å². The van der Waals surface area contributed by atoms with Crippen LogP contribution in [-0.4, -0.2) is 11.1 Å². The molecule has 108 valence electrons. The molecular formula is C17H24N2O. The van der Waals surface area contributed by atoms with Crippen LogP contribution in [0.4, 0.5) is 5.69 Å². The Balaban J connectivity index is 1.50. The van der Waals surface area contributed by atoms with Crippen LogP contribution in [0, 0.1) is 29.6 Å². The summed E-state index contributed by atoms with van der Waals surface area (Å²) in [6.07, 6.45) is 9.26. The van der Waals surface area contributed by atoms with Crippen LogP contribution in [0.15, 0.2) is 18.3 Å². The van der Waals surface area contributed by atoms with Crippen molar-refractivity contribution in [1.29, 1.82) is 0 Å². The highest BCUT2D eigenvalue weighted by Gasteiger charge is 2.50. The maximum Gasteiger partial charge on any atom is 0.215 e. The Morgan fingerprint density at radius 3 is 2.40 bits per heavy atom. The van der Waals surface area contributed by atoms with E-state index in [0.29, 0.717) is 5.88 Å². The molecule has 2 N–H and O–H groups in total. The van der Waals surface area contributed by atoms with Gasteiger partial charge in [-0.1, -0.05) is 0 Å². The highest BCUT2D eigenvalue weighted by atomic mass is 16.5. The zero-order valence-electron chi connectivity index (χ0n) is 12.2. The minimum atomic E-state index is 0.263. The van der Waals surface area contributed by atoms with Crippen LogP contribution < -0.4 is 10.5 Å². The number of ether oxygens (including phenoxy) is 1. The van der Waals surface area contributed by atoms with Crippen LogP contribution >= 0.6 is 0 Å². The fourth-order valence-electron chi connectivity index (χ4n) is 5.49. The van der Waals surface area contributed by atoms with Gasteiger partial charge in [-0.3, -0.25) is 0 Å². The van der Waals surface area contributed by atoms with Gasteiger partial charge in [0, 0.05) is 23.9 Å². The van der Waals surface area contributed by atoms with Gasteiger partial charge in [0.05, 0.1) is 0 Å². The Labute approximate surface area is 120 Å². The molecule has 0 amide bonds. The standard InChI is InChI=1S/C17H24N2O/c1-10(20-16-9-15(18)2-3-19-16)17-13-5-11-4-12(7-13)8-14(17)6-11/h2-3,9-14,17H,4-8H2,1H3,(H2,18,19). The van der Waals surface area contributed by atoms with E-state index in [9.17, 15) is 0 Å². The minimum absolute atomic E-state index is 0.263. The van der Waals surface area contributed by atoms with Crippen molar-refractivity contribution >= 4 is 5.69 Å². The molecule has 1 unspecified atom stereocenters. The van der Waals surface area contributed by atoms with E-state index in [1.165, 1.54) is 32.1 Å². The molecule has 0 radical (unpaired) electrons. The molecule has 3 nitrogen and oxygen atoms in total. The van der Waals surface area contributed by atoms with Gasteiger partial charge in [-0.05, 0) is 68.8 Å². The number of aromatic nitrogens is 1. The molecule has 5 rings (SSSR count). The number of pyridine rings is 1. The number of nitrogens with two attached hydrogens (primary N) is 1. The number of rotatable bonds is 3. The Hall–Kier alpha value is -1.25. The summed E-state index contributed by atoms with van der Waals surface area (Å²) in [6.45, 7) is 2.23. The molecule has 1 aromatic heterocycles. The third-order valence-electron chi connectivity index (χ3n) is 5.91. The van der Waals surface area contributed by atoms with Gasteiger partial charge in [-0.15, -0.1) is 0 Å². The fourth-order valence-corrected chi connectivity index (χ4v) is 5.49. The molecule has 4 aliphatic rings. The molecule has 4 bridgehead atoms. The lowest BCUT2D eigenvalue weighted by Crippen LogP contribution is -2.49. The lowest BCUT2D eigenvalue weighted by atomic mass is 9.51. The highest BCUT2D eigenvalue weighted by molar-refractivity contribution is 5.39. The second-order valence-corrected chi connectivity index (χ2v) is 7.26. The third-order valence-corrected chi connectivity index (χ3v) is 5.91. The molecule has 0 aromatic carbocycles. The van der Waals surface area contributed by atoms with Gasteiger partial charge in [0.25, 0.3) is 0 Å². The third kappa shape index (κ3) is 2.07. The van der Waals surface area contributed by atoms with Crippen LogP contribution in [0.5, 0.6) is 5.88 Å². The van der Waals surface area contributed by atoms with Crippen LogP contribution in [0.3, 0.4) is 0 Å². The number of hydrogen-bond donors (Lipinski definition) is 1. The van der Waals surface area contributed by atoms with Crippen molar-refractivity contribution in [3.05, 3.63) is 18.3 Å². The Kier molecular flexibility index (Phi) is 2.90. The van der Waals surface area contributed by atoms with Gasteiger partial charge in [-0.25, -0.2) is 4.98 Å². The topological polar surface area (TPSA) is 48.1 Å². The van der Waals surface area contributed by atoms with E-state index in [2.05, 4.69) is 11.9 Å². The fraction of sp³-hybridized carbons (Fsp3) is 0.706. The molecule has 0 spiro atoms. The van der Waals surface area contributed by atoms with E-state index in [-0.39, 0.29) is 6.10 Å². The van der Waals surface area contributed by atoms with Crippen molar-refractivity contribution in [2.45, 2.75) is 45.1 Å². The average Bonchev–Trinajstić information content (AvgIpc) is 2.37. The number of nitrogens with zero attached hydrogens (tertiary/aromatic N) is 1. The molecule has 1 heterocycles. The minimum Gasteiger partial charge on any atom is -0.474 e. The molecule has 0 saturated heterocycles. The lowest BCUT2D eigenvalue weighted by molar-refractivity contribution is -0.0778. The first kappa shape index (κ1) is 12.5. The zero-order chi connectivity index (χ0) is 13.7. The molecule has 1 aromatic rings. The smallest absolute Gasteiger partial charge is 0.215 e. The van der Waals surface area contributed by atoms with Gasteiger partial charge in [0.15, 0.2) is 0 Å². The van der Waals surface area contributed by atoms with E-state index < -0.39 is 0 Å². The first-order chi connectivity index (χ1) is 9.69. The summed E-state index contributed by atoms with van der Waals surface area (Å²) < 4.78 is 6.13. The van der Waals surface area contributed by atoms with Crippen LogP contribution in [0.25, 0.3) is 0 Å². The summed E-state index contributed by atoms with van der Waals surface area (Å²) in [6, 6.07) is 3.65. The van der Waals surface area contributed by atoms with Crippen LogP contribution in [-0.2, 0) is 0 Å². The molecule has 3 heteroatoms. The van der Waals surface area contributed by atoms with Gasteiger partial charge in [0.1, 0.15) is 6.10 Å². The first-order valence-corrected chi connectivity index (χ1v) is 8.07. The summed E-state index contributed by atoms with van der Waals surface area (Å²) in [5.74, 6) is 5.24. The molecular weight excluding hydrogens is 248 g/mol. The monoisotopic (exact) mass is 272 g/mol. The highest BCUT2D eigenvalue weighted by Crippen LogP contribution is 2.57. The van der Waals surface area contributed by atoms with Gasteiger partial charge >= 0.3 is 0 Å². The summed E-state index contributed by atoms with van der Waals surface area (Å²) in [4.78, 5) is 4.29. The molecule has 20 heavy (non-hydrogen) atoms. The van der Waals surface area contributed by atoms with E-state index in [1.807, 2.05) is 6.07 Å². The number of nitrogen functional groups attached to an aromatic ring is 1. The van der Waals surface area contributed by atoms with Gasteiger partial charge in [0.2, 0.25) is 5.88 Å². The molecule has 1 atom stereocenters. The van der Waals surface area contributed by atoms with Crippen molar-refractivity contribution in [3.8, 4) is 5.88 Å². The average molecular weight is 272 g/mol. The second kappa shape index (κ2) is 4.64. The first-order valence-electron chi connectivity index (χ1n) is 8.07. The second-order valence-electron chi connectivity index (χ2n) is 7.26. The van der Waals surface area contributed by atoms with Gasteiger partial charge < -0.3 is 10.5 Å². The maximum atomic E-state index is 6.13. The van der Waals surface area contributed by atoms with E-state index in [4.69, 9.17) is 10.5 Å². The van der Waals surface area contributed by atoms with Crippen molar-refractivity contribution in [2.75, 3.05) is 5.73 Å². The summed E-state index contributed by atoms with van der Waals surface area (Å²) in [5.41, 5.74) is 6.54. The van der Waals surface area contributed by atoms with Crippen LogP contribution in [0.1, 0.15) is 39.0 Å². The summed E-state index contributed by atoms with van der Waals surface area (Å²) >= 11 is 0. The van der Waals surface area contributed by atoms with Crippen molar-refractivity contribution < 1.29 is 4.74 Å². The predicted molar refractivity (Wildman–Crippen MR) is 79.3 cm³/mol. The number of hydrogen-bond acceptors (Lipinski definition) is 3. The number of anilines is 1. The SMILES string of the molecule is CC(Oc1cc(N)ccn1)C1C2CC3CC(C2)CC1C3.